The lowest BCUT2D eigenvalue weighted by Crippen LogP contribution is -2.26. The van der Waals surface area contributed by atoms with Crippen LogP contribution in [-0.4, -0.2) is 32.9 Å². The van der Waals surface area contributed by atoms with Crippen LogP contribution in [0.25, 0.3) is 11.3 Å². The molecule has 3 aromatic rings. The minimum absolute atomic E-state index is 0.629. The van der Waals surface area contributed by atoms with Crippen molar-refractivity contribution in [1.82, 2.24) is 19.8 Å². The standard InChI is InChI=1S/C21H24N4O/c1-24-19-10-12-25(14-17-13-20(26-23-17)15-7-8-15)11-9-18(19)21(22-24)16-5-3-2-4-6-16/h2-6,13,15H,7-12,14H2,1H3. The van der Waals surface area contributed by atoms with Crippen molar-refractivity contribution in [3.8, 4) is 11.3 Å². The zero-order chi connectivity index (χ0) is 17.5. The van der Waals surface area contributed by atoms with E-state index >= 15 is 0 Å². The molecular formula is C21H24N4O. The summed E-state index contributed by atoms with van der Waals surface area (Å²) in [5, 5.41) is 9.10. The molecule has 0 unspecified atom stereocenters. The Hall–Kier alpha value is -2.40. The highest BCUT2D eigenvalue weighted by atomic mass is 16.5. The lowest BCUT2D eigenvalue weighted by Gasteiger charge is -2.18. The average molecular weight is 348 g/mol. The highest BCUT2D eigenvalue weighted by molar-refractivity contribution is 5.64. The highest BCUT2D eigenvalue weighted by Gasteiger charge is 2.28. The zero-order valence-electron chi connectivity index (χ0n) is 15.2. The van der Waals surface area contributed by atoms with E-state index in [0.717, 1.165) is 49.6 Å². The van der Waals surface area contributed by atoms with E-state index < -0.39 is 0 Å². The van der Waals surface area contributed by atoms with E-state index in [1.807, 2.05) is 0 Å². The van der Waals surface area contributed by atoms with Crippen molar-refractivity contribution in [1.29, 1.82) is 0 Å². The molecule has 0 N–H and O–H groups in total. The van der Waals surface area contributed by atoms with Crippen LogP contribution in [0.1, 0.15) is 41.5 Å². The third-order valence-corrected chi connectivity index (χ3v) is 5.61. The summed E-state index contributed by atoms with van der Waals surface area (Å²) in [6, 6.07) is 12.7. The van der Waals surface area contributed by atoms with Crippen molar-refractivity contribution in [2.75, 3.05) is 13.1 Å². The third kappa shape index (κ3) is 2.97. The molecule has 1 aliphatic carbocycles. The van der Waals surface area contributed by atoms with Crippen LogP contribution in [0, 0.1) is 0 Å². The van der Waals surface area contributed by atoms with Gasteiger partial charge in [0.1, 0.15) is 5.76 Å². The number of benzene rings is 1. The molecule has 0 spiro atoms. The van der Waals surface area contributed by atoms with Crippen molar-refractivity contribution in [2.24, 2.45) is 7.05 Å². The second-order valence-electron chi connectivity index (χ2n) is 7.53. The highest BCUT2D eigenvalue weighted by Crippen LogP contribution is 2.40. The van der Waals surface area contributed by atoms with Gasteiger partial charge in [-0.3, -0.25) is 9.58 Å². The van der Waals surface area contributed by atoms with Crippen LogP contribution in [0.2, 0.25) is 0 Å². The van der Waals surface area contributed by atoms with Crippen molar-refractivity contribution < 1.29 is 4.52 Å². The van der Waals surface area contributed by atoms with Crippen LogP contribution in [0.3, 0.4) is 0 Å². The molecule has 0 bridgehead atoms. The molecule has 0 radical (unpaired) electrons. The number of fused-ring (bicyclic) bond motifs is 1. The monoisotopic (exact) mass is 348 g/mol. The van der Waals surface area contributed by atoms with E-state index in [-0.39, 0.29) is 0 Å². The fourth-order valence-corrected chi connectivity index (χ4v) is 4.00. The topological polar surface area (TPSA) is 47.1 Å². The van der Waals surface area contributed by atoms with Crippen LogP contribution < -0.4 is 0 Å². The zero-order valence-corrected chi connectivity index (χ0v) is 15.2. The largest absolute Gasteiger partial charge is 0.361 e. The summed E-state index contributed by atoms with van der Waals surface area (Å²) in [4.78, 5) is 2.49. The number of hydrogen-bond donors (Lipinski definition) is 0. The maximum absolute atomic E-state index is 5.51. The van der Waals surface area contributed by atoms with E-state index in [1.54, 1.807) is 0 Å². The molecule has 1 fully saturated rings. The van der Waals surface area contributed by atoms with Crippen LogP contribution in [0.5, 0.6) is 0 Å². The normalized spacial score (nSPS) is 17.9. The quantitative estimate of drug-likeness (QED) is 0.723. The summed E-state index contributed by atoms with van der Waals surface area (Å²) in [6.45, 7) is 2.94. The van der Waals surface area contributed by atoms with Crippen molar-refractivity contribution in [3.05, 3.63) is 59.1 Å². The summed E-state index contributed by atoms with van der Waals surface area (Å²) in [6.07, 6.45) is 4.56. The van der Waals surface area contributed by atoms with E-state index in [9.17, 15) is 0 Å². The summed E-state index contributed by atoms with van der Waals surface area (Å²) in [5.74, 6) is 1.71. The first-order valence-electron chi connectivity index (χ1n) is 9.56. The Morgan fingerprint density at radius 1 is 1.12 bits per heavy atom. The molecule has 134 valence electrons. The van der Waals surface area contributed by atoms with Gasteiger partial charge < -0.3 is 4.52 Å². The first-order chi connectivity index (χ1) is 12.8. The molecule has 1 saturated carbocycles. The minimum Gasteiger partial charge on any atom is -0.361 e. The van der Waals surface area contributed by atoms with Gasteiger partial charge in [0.15, 0.2) is 0 Å². The Labute approximate surface area is 153 Å². The first kappa shape index (κ1) is 15.8. The molecule has 0 saturated heterocycles. The molecule has 5 nitrogen and oxygen atoms in total. The van der Waals surface area contributed by atoms with Gasteiger partial charge in [0.25, 0.3) is 0 Å². The maximum atomic E-state index is 5.51. The maximum Gasteiger partial charge on any atom is 0.140 e. The molecule has 3 heterocycles. The molecule has 2 aliphatic rings. The second-order valence-corrected chi connectivity index (χ2v) is 7.53. The summed E-state index contributed by atoms with van der Waals surface area (Å²) in [7, 11) is 2.07. The fourth-order valence-electron chi connectivity index (χ4n) is 4.00. The molecule has 0 atom stereocenters. The van der Waals surface area contributed by atoms with Crippen LogP contribution >= 0.6 is 0 Å². The van der Waals surface area contributed by atoms with Crippen molar-refractivity contribution in [2.45, 2.75) is 38.1 Å². The molecule has 1 aliphatic heterocycles. The van der Waals surface area contributed by atoms with Gasteiger partial charge in [-0.1, -0.05) is 35.5 Å². The summed E-state index contributed by atoms with van der Waals surface area (Å²) in [5.41, 5.74) is 6.19. The predicted octanol–water partition coefficient (Wildman–Crippen LogP) is 3.55. The predicted molar refractivity (Wildman–Crippen MR) is 99.8 cm³/mol. The smallest absolute Gasteiger partial charge is 0.140 e. The SMILES string of the molecule is Cn1nc(-c2ccccc2)c2c1CCN(Cc1cc(C3CC3)on1)CC2. The Morgan fingerprint density at radius 3 is 2.73 bits per heavy atom. The van der Waals surface area contributed by atoms with Gasteiger partial charge in [0, 0.05) is 61.9 Å². The van der Waals surface area contributed by atoms with E-state index in [1.165, 1.54) is 29.7 Å². The van der Waals surface area contributed by atoms with E-state index in [4.69, 9.17) is 9.62 Å². The number of aryl methyl sites for hydroxylation is 1. The van der Waals surface area contributed by atoms with Gasteiger partial charge in [0.2, 0.25) is 0 Å². The minimum atomic E-state index is 0.629. The Kier molecular flexibility index (Phi) is 3.89. The van der Waals surface area contributed by atoms with Gasteiger partial charge in [0.05, 0.1) is 11.4 Å². The average Bonchev–Trinajstić information content (AvgIpc) is 3.38. The van der Waals surface area contributed by atoms with Crippen LogP contribution in [0.15, 0.2) is 40.9 Å². The summed E-state index contributed by atoms with van der Waals surface area (Å²) < 4.78 is 7.59. The Morgan fingerprint density at radius 2 is 1.92 bits per heavy atom. The van der Waals surface area contributed by atoms with Crippen LogP contribution in [-0.2, 0) is 26.4 Å². The Balaban J connectivity index is 1.34. The van der Waals surface area contributed by atoms with Gasteiger partial charge in [-0.05, 0) is 19.3 Å². The van der Waals surface area contributed by atoms with Crippen molar-refractivity contribution >= 4 is 0 Å². The van der Waals surface area contributed by atoms with Gasteiger partial charge >= 0.3 is 0 Å². The number of hydrogen-bond acceptors (Lipinski definition) is 4. The third-order valence-electron chi connectivity index (χ3n) is 5.61. The Bertz CT molecular complexity index is 907. The molecule has 26 heavy (non-hydrogen) atoms. The summed E-state index contributed by atoms with van der Waals surface area (Å²) >= 11 is 0. The van der Waals surface area contributed by atoms with Crippen molar-refractivity contribution in [3.63, 3.8) is 0 Å². The molecule has 5 rings (SSSR count). The molecule has 0 amide bonds. The fraction of sp³-hybridized carbons (Fsp3) is 0.429. The number of aromatic nitrogens is 3. The number of rotatable bonds is 4. The molecule has 1 aromatic carbocycles. The van der Waals surface area contributed by atoms with E-state index in [0.29, 0.717) is 5.92 Å². The van der Waals surface area contributed by atoms with Gasteiger partial charge in [-0.2, -0.15) is 5.10 Å². The lowest BCUT2D eigenvalue weighted by atomic mass is 10.0. The molecule has 5 heteroatoms. The second kappa shape index (κ2) is 6.40. The first-order valence-corrected chi connectivity index (χ1v) is 9.56. The number of nitrogens with zero attached hydrogens (tertiary/aromatic N) is 4. The van der Waals surface area contributed by atoms with Gasteiger partial charge in [-0.25, -0.2) is 0 Å². The molecular weight excluding hydrogens is 324 g/mol. The van der Waals surface area contributed by atoms with Gasteiger partial charge in [-0.15, -0.1) is 0 Å². The molecule has 2 aromatic heterocycles. The van der Waals surface area contributed by atoms with Crippen LogP contribution in [0.4, 0.5) is 0 Å². The lowest BCUT2D eigenvalue weighted by molar-refractivity contribution is 0.266. The van der Waals surface area contributed by atoms with E-state index in [2.05, 4.69) is 58.2 Å².